The molecule has 0 amide bonds. The molecule has 0 bridgehead atoms. The third-order valence-corrected chi connectivity index (χ3v) is 3.64. The Kier molecular flexibility index (Phi) is 7.94. The van der Waals surface area contributed by atoms with Gasteiger partial charge in [-0.3, -0.25) is 4.79 Å². The lowest BCUT2D eigenvalue weighted by Crippen LogP contribution is -2.22. The van der Waals surface area contributed by atoms with Gasteiger partial charge in [-0.2, -0.15) is 0 Å². The molecule has 0 aliphatic heterocycles. The molecule has 18 heavy (non-hydrogen) atoms. The molecule has 0 saturated carbocycles. The maximum absolute atomic E-state index is 11.1. The number of unbranched alkanes of at least 4 members (excludes halogenated alkanes) is 1. The van der Waals surface area contributed by atoms with Crippen LogP contribution in [0.3, 0.4) is 0 Å². The maximum Gasteiger partial charge on any atom is 0.143 e. The van der Waals surface area contributed by atoms with E-state index >= 15 is 0 Å². The number of carbonyl (C=O) groups excluding carboxylic acids is 1. The fraction of sp³-hybridized carbons (Fsp3) is 0.533. The first kappa shape index (κ1) is 15.4. The molecule has 1 rings (SSSR count). The monoisotopic (exact) mass is 311 g/mol. The fourth-order valence-corrected chi connectivity index (χ4v) is 2.13. The number of likely N-dealkylation sites (N-methyl/N-ethyl adjacent to an activating group) is 1. The van der Waals surface area contributed by atoms with E-state index in [9.17, 15) is 4.79 Å². The summed E-state index contributed by atoms with van der Waals surface area (Å²) < 4.78 is 0. The summed E-state index contributed by atoms with van der Waals surface area (Å²) in [6.45, 7) is 2.15. The van der Waals surface area contributed by atoms with Gasteiger partial charge in [0.15, 0.2) is 0 Å². The number of ketones is 1. The van der Waals surface area contributed by atoms with Crippen molar-refractivity contribution in [3.63, 3.8) is 0 Å². The Hall–Kier alpha value is -0.670. The van der Waals surface area contributed by atoms with Crippen LogP contribution in [-0.4, -0.2) is 36.2 Å². The van der Waals surface area contributed by atoms with Crippen LogP contribution in [0.1, 0.15) is 24.8 Å². The van der Waals surface area contributed by atoms with Gasteiger partial charge in [-0.1, -0.05) is 46.3 Å². The first-order chi connectivity index (χ1) is 8.72. The molecular weight excluding hydrogens is 290 g/mol. The van der Waals surface area contributed by atoms with Gasteiger partial charge in [-0.15, -0.1) is 0 Å². The van der Waals surface area contributed by atoms with Crippen LogP contribution in [-0.2, 0) is 11.2 Å². The van der Waals surface area contributed by atoms with Gasteiger partial charge in [0.1, 0.15) is 5.78 Å². The molecule has 0 radical (unpaired) electrons. The molecule has 0 unspecified atom stereocenters. The van der Waals surface area contributed by atoms with E-state index in [4.69, 9.17) is 0 Å². The predicted octanol–water partition coefficient (Wildman–Crippen LogP) is 3.30. The molecule has 0 aromatic heterocycles. The first-order valence-electron chi connectivity index (χ1n) is 6.52. The molecule has 2 nitrogen and oxygen atoms in total. The van der Waals surface area contributed by atoms with Crippen molar-refractivity contribution < 1.29 is 4.79 Å². The average molecular weight is 312 g/mol. The minimum absolute atomic E-state index is 0.307. The zero-order chi connectivity index (χ0) is 13.2. The zero-order valence-electron chi connectivity index (χ0n) is 11.1. The molecule has 0 heterocycles. The van der Waals surface area contributed by atoms with E-state index in [2.05, 4.69) is 52.1 Å². The number of hydrogen-bond acceptors (Lipinski definition) is 2. The van der Waals surface area contributed by atoms with Crippen LogP contribution in [0, 0.1) is 0 Å². The fourth-order valence-electron chi connectivity index (χ4n) is 1.85. The molecule has 0 aliphatic rings. The van der Waals surface area contributed by atoms with Gasteiger partial charge in [-0.25, -0.2) is 0 Å². The second-order valence-corrected chi connectivity index (χ2v) is 5.23. The molecule has 0 spiro atoms. The number of halogens is 1. The van der Waals surface area contributed by atoms with Crippen molar-refractivity contribution in [2.75, 3.05) is 25.5 Å². The summed E-state index contributed by atoms with van der Waals surface area (Å²) in [6, 6.07) is 10.6. The van der Waals surface area contributed by atoms with Crippen LogP contribution in [0.15, 0.2) is 30.3 Å². The van der Waals surface area contributed by atoms with Gasteiger partial charge >= 0.3 is 0 Å². The van der Waals surface area contributed by atoms with E-state index in [1.807, 2.05) is 6.07 Å². The van der Waals surface area contributed by atoms with Gasteiger partial charge < -0.3 is 4.90 Å². The molecule has 0 saturated heterocycles. The van der Waals surface area contributed by atoms with Crippen molar-refractivity contribution in [2.45, 2.75) is 25.7 Å². The van der Waals surface area contributed by atoms with Gasteiger partial charge in [0.05, 0.1) is 5.33 Å². The number of benzene rings is 1. The van der Waals surface area contributed by atoms with Crippen LogP contribution in [0.25, 0.3) is 0 Å². The van der Waals surface area contributed by atoms with E-state index < -0.39 is 0 Å². The second kappa shape index (κ2) is 9.29. The summed E-state index contributed by atoms with van der Waals surface area (Å²) >= 11 is 3.19. The Morgan fingerprint density at radius 3 is 2.56 bits per heavy atom. The average Bonchev–Trinajstić information content (AvgIpc) is 2.42. The lowest BCUT2D eigenvalue weighted by Gasteiger charge is -2.16. The highest BCUT2D eigenvalue weighted by atomic mass is 79.9. The SMILES string of the molecule is CN(CCCCC(=O)CBr)CCc1ccccc1. The van der Waals surface area contributed by atoms with Gasteiger partial charge in [-0.05, 0) is 38.4 Å². The highest BCUT2D eigenvalue weighted by Gasteiger charge is 2.01. The molecule has 1 aromatic carbocycles. The highest BCUT2D eigenvalue weighted by molar-refractivity contribution is 9.09. The van der Waals surface area contributed by atoms with E-state index in [0.717, 1.165) is 32.4 Å². The van der Waals surface area contributed by atoms with Gasteiger partial charge in [0.2, 0.25) is 0 Å². The molecule has 0 N–H and O–H groups in total. The summed E-state index contributed by atoms with van der Waals surface area (Å²) in [5.74, 6) is 0.307. The third kappa shape index (κ3) is 6.92. The minimum Gasteiger partial charge on any atom is -0.306 e. The molecule has 0 aliphatic carbocycles. The molecule has 3 heteroatoms. The highest BCUT2D eigenvalue weighted by Crippen LogP contribution is 2.03. The Morgan fingerprint density at radius 2 is 1.89 bits per heavy atom. The van der Waals surface area contributed by atoms with Crippen LogP contribution in [0.4, 0.5) is 0 Å². The largest absolute Gasteiger partial charge is 0.306 e. The van der Waals surface area contributed by atoms with E-state index in [0.29, 0.717) is 17.5 Å². The van der Waals surface area contributed by atoms with Crippen molar-refractivity contribution in [2.24, 2.45) is 0 Å². The van der Waals surface area contributed by atoms with Crippen LogP contribution >= 0.6 is 15.9 Å². The standard InChI is InChI=1S/C15H22BrNO/c1-17(11-6-5-9-15(18)13-16)12-10-14-7-3-2-4-8-14/h2-4,7-8H,5-6,9-13H2,1H3. The summed E-state index contributed by atoms with van der Waals surface area (Å²) in [4.78, 5) is 13.4. The second-order valence-electron chi connectivity index (χ2n) is 4.67. The zero-order valence-corrected chi connectivity index (χ0v) is 12.7. The molecule has 0 fully saturated rings. The molecule has 100 valence electrons. The summed E-state index contributed by atoms with van der Waals surface area (Å²) in [6.07, 6.45) is 3.90. The van der Waals surface area contributed by atoms with E-state index in [1.165, 1.54) is 5.56 Å². The molecule has 1 aromatic rings. The Morgan fingerprint density at radius 1 is 1.17 bits per heavy atom. The van der Waals surface area contributed by atoms with Crippen LogP contribution < -0.4 is 0 Å². The Labute approximate surface area is 119 Å². The van der Waals surface area contributed by atoms with Crippen molar-refractivity contribution in [1.82, 2.24) is 4.90 Å². The summed E-state index contributed by atoms with van der Waals surface area (Å²) in [7, 11) is 2.15. The lowest BCUT2D eigenvalue weighted by molar-refractivity contribution is -0.116. The van der Waals surface area contributed by atoms with Gasteiger partial charge in [0, 0.05) is 13.0 Å². The van der Waals surface area contributed by atoms with Crippen LogP contribution in [0.2, 0.25) is 0 Å². The third-order valence-electron chi connectivity index (χ3n) is 3.02. The molecular formula is C15H22BrNO. The van der Waals surface area contributed by atoms with E-state index in [-0.39, 0.29) is 0 Å². The van der Waals surface area contributed by atoms with Crippen LogP contribution in [0.5, 0.6) is 0 Å². The topological polar surface area (TPSA) is 20.3 Å². The van der Waals surface area contributed by atoms with Gasteiger partial charge in [0.25, 0.3) is 0 Å². The van der Waals surface area contributed by atoms with Crippen molar-refractivity contribution in [1.29, 1.82) is 0 Å². The normalized spacial score (nSPS) is 10.8. The minimum atomic E-state index is 0.307. The molecule has 0 atom stereocenters. The number of carbonyl (C=O) groups is 1. The quantitative estimate of drug-likeness (QED) is 0.515. The number of hydrogen-bond donors (Lipinski definition) is 0. The summed E-state index contributed by atoms with van der Waals surface area (Å²) in [5.41, 5.74) is 1.39. The first-order valence-corrected chi connectivity index (χ1v) is 7.64. The maximum atomic E-state index is 11.1. The Bertz CT molecular complexity index is 340. The van der Waals surface area contributed by atoms with Crippen molar-refractivity contribution >= 4 is 21.7 Å². The number of Topliss-reactive ketones (excluding diaryl/α,β-unsaturated/α-hetero) is 1. The van der Waals surface area contributed by atoms with Crippen molar-refractivity contribution in [3.8, 4) is 0 Å². The lowest BCUT2D eigenvalue weighted by atomic mass is 10.1. The van der Waals surface area contributed by atoms with E-state index in [1.54, 1.807) is 0 Å². The van der Waals surface area contributed by atoms with Crippen molar-refractivity contribution in [3.05, 3.63) is 35.9 Å². The smallest absolute Gasteiger partial charge is 0.143 e. The number of rotatable bonds is 9. The predicted molar refractivity (Wildman–Crippen MR) is 80.3 cm³/mol. The summed E-state index contributed by atoms with van der Waals surface area (Å²) in [5, 5.41) is 0.497. The Balaban J connectivity index is 2.07. The number of alkyl halides is 1. The number of nitrogens with zero attached hydrogens (tertiary/aromatic N) is 1.